The zero-order chi connectivity index (χ0) is 11.6. The van der Waals surface area contributed by atoms with Gasteiger partial charge in [0, 0.05) is 11.5 Å². The molecular formula is C14H21NO. The molecule has 2 N–H and O–H groups in total. The third-order valence-electron chi connectivity index (χ3n) is 3.50. The SMILES string of the molecule is Cc1ccc(C2(CCC(C)N)COC2)cc1. The highest BCUT2D eigenvalue weighted by molar-refractivity contribution is 5.30. The average molecular weight is 219 g/mol. The van der Waals surface area contributed by atoms with Gasteiger partial charge in [-0.25, -0.2) is 0 Å². The molecule has 0 radical (unpaired) electrons. The summed E-state index contributed by atoms with van der Waals surface area (Å²) in [5, 5.41) is 0. The van der Waals surface area contributed by atoms with E-state index in [1.54, 1.807) is 0 Å². The van der Waals surface area contributed by atoms with Gasteiger partial charge >= 0.3 is 0 Å². The second kappa shape index (κ2) is 4.56. The molecule has 1 aromatic rings. The molecule has 1 aliphatic rings. The van der Waals surface area contributed by atoms with Crippen LogP contribution in [0.2, 0.25) is 0 Å². The molecule has 2 heteroatoms. The van der Waals surface area contributed by atoms with Crippen LogP contribution in [0.15, 0.2) is 24.3 Å². The summed E-state index contributed by atoms with van der Waals surface area (Å²) in [6.45, 7) is 5.89. The van der Waals surface area contributed by atoms with E-state index in [-0.39, 0.29) is 11.5 Å². The van der Waals surface area contributed by atoms with E-state index in [4.69, 9.17) is 10.5 Å². The van der Waals surface area contributed by atoms with Gasteiger partial charge in [-0.15, -0.1) is 0 Å². The molecule has 1 saturated heterocycles. The van der Waals surface area contributed by atoms with Gasteiger partial charge in [-0.2, -0.15) is 0 Å². The molecule has 0 bridgehead atoms. The van der Waals surface area contributed by atoms with Crippen LogP contribution in [-0.4, -0.2) is 19.3 Å². The van der Waals surface area contributed by atoms with Gasteiger partial charge < -0.3 is 10.5 Å². The molecule has 1 atom stereocenters. The first-order valence-electron chi connectivity index (χ1n) is 6.03. The number of hydrogen-bond donors (Lipinski definition) is 1. The smallest absolute Gasteiger partial charge is 0.0585 e. The third-order valence-corrected chi connectivity index (χ3v) is 3.50. The normalized spacial score (nSPS) is 20.2. The summed E-state index contributed by atoms with van der Waals surface area (Å²) in [5.41, 5.74) is 8.80. The number of nitrogens with two attached hydrogens (primary N) is 1. The zero-order valence-electron chi connectivity index (χ0n) is 10.2. The first-order chi connectivity index (χ1) is 7.62. The van der Waals surface area contributed by atoms with Crippen LogP contribution in [0.1, 0.15) is 30.9 Å². The number of aryl methyl sites for hydroxylation is 1. The Balaban J connectivity index is 2.11. The molecule has 1 aromatic carbocycles. The predicted molar refractivity (Wildman–Crippen MR) is 66.6 cm³/mol. The van der Waals surface area contributed by atoms with Crippen molar-refractivity contribution in [3.05, 3.63) is 35.4 Å². The van der Waals surface area contributed by atoms with Crippen molar-refractivity contribution in [2.24, 2.45) is 5.73 Å². The summed E-state index contributed by atoms with van der Waals surface area (Å²) in [4.78, 5) is 0. The second-order valence-corrected chi connectivity index (χ2v) is 5.16. The van der Waals surface area contributed by atoms with Gasteiger partial charge in [-0.05, 0) is 32.3 Å². The molecule has 0 amide bonds. The van der Waals surface area contributed by atoms with E-state index in [1.807, 2.05) is 0 Å². The molecule has 0 aliphatic carbocycles. The summed E-state index contributed by atoms with van der Waals surface area (Å²) in [7, 11) is 0. The van der Waals surface area contributed by atoms with Crippen molar-refractivity contribution < 1.29 is 4.74 Å². The van der Waals surface area contributed by atoms with E-state index in [0.717, 1.165) is 26.1 Å². The van der Waals surface area contributed by atoms with Crippen LogP contribution in [0.25, 0.3) is 0 Å². The Morgan fingerprint density at radius 3 is 2.38 bits per heavy atom. The van der Waals surface area contributed by atoms with Crippen molar-refractivity contribution in [1.29, 1.82) is 0 Å². The summed E-state index contributed by atoms with van der Waals surface area (Å²) < 4.78 is 5.41. The predicted octanol–water partition coefficient (Wildman–Crippen LogP) is 2.39. The second-order valence-electron chi connectivity index (χ2n) is 5.16. The lowest BCUT2D eigenvalue weighted by molar-refractivity contribution is -0.0656. The minimum atomic E-state index is 0.237. The Morgan fingerprint density at radius 2 is 1.94 bits per heavy atom. The highest BCUT2D eigenvalue weighted by Gasteiger charge is 2.39. The van der Waals surface area contributed by atoms with Crippen molar-refractivity contribution in [2.45, 2.75) is 38.1 Å². The van der Waals surface area contributed by atoms with E-state index in [1.165, 1.54) is 11.1 Å². The van der Waals surface area contributed by atoms with Crippen LogP contribution in [0.5, 0.6) is 0 Å². The van der Waals surface area contributed by atoms with Crippen molar-refractivity contribution in [3.8, 4) is 0 Å². The van der Waals surface area contributed by atoms with Crippen molar-refractivity contribution in [2.75, 3.05) is 13.2 Å². The molecule has 1 fully saturated rings. The largest absolute Gasteiger partial charge is 0.379 e. The lowest BCUT2D eigenvalue weighted by Gasteiger charge is -2.42. The van der Waals surface area contributed by atoms with E-state index >= 15 is 0 Å². The molecule has 2 nitrogen and oxygen atoms in total. The Bertz CT molecular complexity index is 338. The van der Waals surface area contributed by atoms with Crippen LogP contribution >= 0.6 is 0 Å². The lowest BCUT2D eigenvalue weighted by Crippen LogP contribution is -2.47. The fraction of sp³-hybridized carbons (Fsp3) is 0.571. The molecular weight excluding hydrogens is 198 g/mol. The highest BCUT2D eigenvalue weighted by atomic mass is 16.5. The molecule has 1 unspecified atom stereocenters. The zero-order valence-corrected chi connectivity index (χ0v) is 10.2. The first-order valence-corrected chi connectivity index (χ1v) is 6.03. The van der Waals surface area contributed by atoms with Gasteiger partial charge in [0.2, 0.25) is 0 Å². The minimum Gasteiger partial charge on any atom is -0.379 e. The van der Waals surface area contributed by atoms with Gasteiger partial charge in [0.25, 0.3) is 0 Å². The number of rotatable bonds is 4. The molecule has 0 aromatic heterocycles. The fourth-order valence-corrected chi connectivity index (χ4v) is 2.21. The van der Waals surface area contributed by atoms with Crippen molar-refractivity contribution >= 4 is 0 Å². The molecule has 2 rings (SSSR count). The maximum Gasteiger partial charge on any atom is 0.0585 e. The maximum atomic E-state index is 5.84. The monoisotopic (exact) mass is 219 g/mol. The third kappa shape index (κ3) is 2.28. The topological polar surface area (TPSA) is 35.2 Å². The van der Waals surface area contributed by atoms with Crippen LogP contribution < -0.4 is 5.73 Å². The van der Waals surface area contributed by atoms with Crippen LogP contribution in [0.4, 0.5) is 0 Å². The Kier molecular flexibility index (Phi) is 3.31. The molecule has 1 heterocycles. The first kappa shape index (κ1) is 11.6. The maximum absolute atomic E-state index is 5.84. The van der Waals surface area contributed by atoms with Crippen LogP contribution in [0.3, 0.4) is 0 Å². The van der Waals surface area contributed by atoms with Gasteiger partial charge in [-0.3, -0.25) is 0 Å². The highest BCUT2D eigenvalue weighted by Crippen LogP contribution is 2.37. The van der Waals surface area contributed by atoms with Crippen LogP contribution in [0, 0.1) is 6.92 Å². The summed E-state index contributed by atoms with van der Waals surface area (Å²) in [6.07, 6.45) is 2.20. The summed E-state index contributed by atoms with van der Waals surface area (Å²) in [5.74, 6) is 0. The Hall–Kier alpha value is -0.860. The van der Waals surface area contributed by atoms with Gasteiger partial charge in [-0.1, -0.05) is 29.8 Å². The van der Waals surface area contributed by atoms with E-state index < -0.39 is 0 Å². The minimum absolute atomic E-state index is 0.237. The van der Waals surface area contributed by atoms with Gasteiger partial charge in [0.05, 0.1) is 13.2 Å². The molecule has 88 valence electrons. The van der Waals surface area contributed by atoms with Gasteiger partial charge in [0.15, 0.2) is 0 Å². The number of ether oxygens (including phenoxy) is 1. The van der Waals surface area contributed by atoms with Crippen molar-refractivity contribution in [3.63, 3.8) is 0 Å². The molecule has 0 saturated carbocycles. The molecule has 1 aliphatic heterocycles. The summed E-state index contributed by atoms with van der Waals surface area (Å²) in [6, 6.07) is 9.11. The Morgan fingerprint density at radius 1 is 1.31 bits per heavy atom. The fourth-order valence-electron chi connectivity index (χ4n) is 2.21. The van der Waals surface area contributed by atoms with Gasteiger partial charge in [0.1, 0.15) is 0 Å². The standard InChI is InChI=1S/C14H21NO/c1-11-3-5-13(6-4-11)14(9-16-10-14)8-7-12(2)15/h3-6,12H,7-10,15H2,1-2H3. The number of hydrogen-bond acceptors (Lipinski definition) is 2. The van der Waals surface area contributed by atoms with Crippen LogP contribution in [-0.2, 0) is 10.2 Å². The van der Waals surface area contributed by atoms with E-state index in [0.29, 0.717) is 0 Å². The van der Waals surface area contributed by atoms with E-state index in [2.05, 4.69) is 38.1 Å². The average Bonchev–Trinajstić information content (AvgIpc) is 2.18. The number of benzene rings is 1. The molecule has 0 spiro atoms. The molecule has 16 heavy (non-hydrogen) atoms. The van der Waals surface area contributed by atoms with E-state index in [9.17, 15) is 0 Å². The Labute approximate surface area is 97.8 Å². The quantitative estimate of drug-likeness (QED) is 0.844. The summed E-state index contributed by atoms with van der Waals surface area (Å²) >= 11 is 0. The van der Waals surface area contributed by atoms with Crippen molar-refractivity contribution in [1.82, 2.24) is 0 Å². The lowest BCUT2D eigenvalue weighted by atomic mass is 9.74.